The molecule has 0 aliphatic carbocycles. The second kappa shape index (κ2) is 6.52. The van der Waals surface area contributed by atoms with E-state index in [9.17, 15) is 14.0 Å². The van der Waals surface area contributed by atoms with Crippen molar-refractivity contribution in [2.45, 2.75) is 19.8 Å². The summed E-state index contributed by atoms with van der Waals surface area (Å²) in [5, 5.41) is 9.05. The number of hydrogen-bond donors (Lipinski definition) is 1. The Labute approximate surface area is 122 Å². The summed E-state index contributed by atoms with van der Waals surface area (Å²) in [4.78, 5) is 24.9. The van der Waals surface area contributed by atoms with E-state index in [2.05, 4.69) is 0 Å². The van der Waals surface area contributed by atoms with Gasteiger partial charge in [-0.15, -0.1) is 0 Å². The molecule has 1 fully saturated rings. The Hall–Kier alpha value is -2.17. The van der Waals surface area contributed by atoms with Gasteiger partial charge in [-0.05, 0) is 43.5 Å². The molecule has 1 amide bonds. The van der Waals surface area contributed by atoms with E-state index < -0.39 is 11.9 Å². The first-order valence-electron chi connectivity index (χ1n) is 6.93. The zero-order chi connectivity index (χ0) is 15.4. The van der Waals surface area contributed by atoms with Crippen molar-refractivity contribution >= 4 is 18.0 Å². The number of benzene rings is 1. The molecule has 0 saturated carbocycles. The molecule has 0 aromatic heterocycles. The molecular formula is C16H18FNO3. The molecule has 0 spiro atoms. The minimum absolute atomic E-state index is 0.162. The molecule has 1 aliphatic rings. The summed E-state index contributed by atoms with van der Waals surface area (Å²) in [7, 11) is 0. The molecule has 1 unspecified atom stereocenters. The molecule has 1 aromatic carbocycles. The molecular weight excluding hydrogens is 273 g/mol. The maximum absolute atomic E-state index is 12.8. The summed E-state index contributed by atoms with van der Waals surface area (Å²) in [6.07, 6.45) is 3.00. The van der Waals surface area contributed by atoms with Crippen LogP contribution in [0.5, 0.6) is 0 Å². The molecule has 1 saturated heterocycles. The highest BCUT2D eigenvalue weighted by Gasteiger charge is 2.28. The van der Waals surface area contributed by atoms with E-state index >= 15 is 0 Å². The van der Waals surface area contributed by atoms with Gasteiger partial charge in [0.1, 0.15) is 5.82 Å². The van der Waals surface area contributed by atoms with Gasteiger partial charge in [0, 0.05) is 18.7 Å². The Bertz CT molecular complexity index is 565. The fourth-order valence-electron chi connectivity index (χ4n) is 2.48. The Morgan fingerprint density at radius 1 is 1.33 bits per heavy atom. The van der Waals surface area contributed by atoms with Crippen molar-refractivity contribution in [3.63, 3.8) is 0 Å². The van der Waals surface area contributed by atoms with Gasteiger partial charge in [-0.2, -0.15) is 0 Å². The van der Waals surface area contributed by atoms with Gasteiger partial charge < -0.3 is 10.0 Å². The van der Waals surface area contributed by atoms with E-state index in [1.54, 1.807) is 30.0 Å². The molecule has 1 N–H and O–H groups in total. The molecule has 21 heavy (non-hydrogen) atoms. The second-order valence-electron chi connectivity index (χ2n) is 5.31. The summed E-state index contributed by atoms with van der Waals surface area (Å²) >= 11 is 0. The van der Waals surface area contributed by atoms with E-state index in [1.807, 2.05) is 0 Å². The number of carboxylic acid groups (broad SMARTS) is 1. The topological polar surface area (TPSA) is 57.6 Å². The van der Waals surface area contributed by atoms with Crippen LogP contribution in [0.15, 0.2) is 29.8 Å². The van der Waals surface area contributed by atoms with E-state index in [-0.39, 0.29) is 18.3 Å². The number of rotatable bonds is 3. The monoisotopic (exact) mass is 291 g/mol. The highest BCUT2D eigenvalue weighted by Crippen LogP contribution is 2.19. The SMILES string of the molecule is CC(=Cc1ccc(F)cc1)C(=O)N1CCCC(C(=O)O)C1. The lowest BCUT2D eigenvalue weighted by Gasteiger charge is -2.31. The number of hydrogen-bond acceptors (Lipinski definition) is 2. The average molecular weight is 291 g/mol. The highest BCUT2D eigenvalue weighted by atomic mass is 19.1. The Morgan fingerprint density at radius 3 is 2.62 bits per heavy atom. The lowest BCUT2D eigenvalue weighted by Crippen LogP contribution is -2.42. The zero-order valence-corrected chi connectivity index (χ0v) is 11.9. The number of carboxylic acids is 1. The van der Waals surface area contributed by atoms with Crippen LogP contribution in [0.25, 0.3) is 6.08 Å². The standard InChI is InChI=1S/C16H18FNO3/c1-11(9-12-4-6-14(17)7-5-12)15(19)18-8-2-3-13(10-18)16(20)21/h4-7,9,13H,2-3,8,10H2,1H3,(H,20,21). The zero-order valence-electron chi connectivity index (χ0n) is 11.9. The number of likely N-dealkylation sites (tertiary alicyclic amines) is 1. The van der Waals surface area contributed by atoms with Crippen LogP contribution in [-0.4, -0.2) is 35.0 Å². The van der Waals surface area contributed by atoms with Crippen LogP contribution in [0.4, 0.5) is 4.39 Å². The molecule has 1 atom stereocenters. The molecule has 4 nitrogen and oxygen atoms in total. The quantitative estimate of drug-likeness (QED) is 0.871. The molecule has 0 bridgehead atoms. The maximum atomic E-state index is 12.8. The predicted octanol–water partition coefficient (Wildman–Crippen LogP) is 2.55. The van der Waals surface area contributed by atoms with Gasteiger partial charge in [0.15, 0.2) is 0 Å². The van der Waals surface area contributed by atoms with Crippen LogP contribution < -0.4 is 0 Å². The normalized spacial score (nSPS) is 19.4. The molecule has 5 heteroatoms. The van der Waals surface area contributed by atoms with Crippen molar-refractivity contribution in [1.82, 2.24) is 4.90 Å². The van der Waals surface area contributed by atoms with E-state index in [0.717, 1.165) is 5.56 Å². The first-order valence-corrected chi connectivity index (χ1v) is 6.93. The van der Waals surface area contributed by atoms with Crippen LogP contribution in [0, 0.1) is 11.7 Å². The van der Waals surface area contributed by atoms with Crippen LogP contribution in [-0.2, 0) is 9.59 Å². The number of nitrogens with zero attached hydrogens (tertiary/aromatic N) is 1. The molecule has 0 radical (unpaired) electrons. The van der Waals surface area contributed by atoms with Crippen molar-refractivity contribution < 1.29 is 19.1 Å². The van der Waals surface area contributed by atoms with Gasteiger partial charge >= 0.3 is 5.97 Å². The summed E-state index contributed by atoms with van der Waals surface area (Å²) < 4.78 is 12.8. The third kappa shape index (κ3) is 3.90. The number of carbonyl (C=O) groups excluding carboxylic acids is 1. The van der Waals surface area contributed by atoms with Gasteiger partial charge in [0.2, 0.25) is 5.91 Å². The minimum Gasteiger partial charge on any atom is -0.481 e. The summed E-state index contributed by atoms with van der Waals surface area (Å²) in [6, 6.07) is 5.88. The van der Waals surface area contributed by atoms with Crippen molar-refractivity contribution in [2.24, 2.45) is 5.92 Å². The lowest BCUT2D eigenvalue weighted by molar-refractivity contribution is -0.145. The maximum Gasteiger partial charge on any atom is 0.308 e. The van der Waals surface area contributed by atoms with Crippen LogP contribution in [0.2, 0.25) is 0 Å². The van der Waals surface area contributed by atoms with Gasteiger partial charge in [-0.25, -0.2) is 4.39 Å². The third-order valence-corrected chi connectivity index (χ3v) is 3.65. The van der Waals surface area contributed by atoms with E-state index in [4.69, 9.17) is 5.11 Å². The first kappa shape index (κ1) is 15.2. The summed E-state index contributed by atoms with van der Waals surface area (Å²) in [5.74, 6) is -1.82. The van der Waals surface area contributed by atoms with E-state index in [0.29, 0.717) is 25.0 Å². The highest BCUT2D eigenvalue weighted by molar-refractivity contribution is 5.97. The predicted molar refractivity (Wildman–Crippen MR) is 77.0 cm³/mol. The van der Waals surface area contributed by atoms with Crippen molar-refractivity contribution in [3.8, 4) is 0 Å². The fourth-order valence-corrected chi connectivity index (χ4v) is 2.48. The number of halogens is 1. The average Bonchev–Trinajstić information content (AvgIpc) is 2.49. The summed E-state index contributed by atoms with van der Waals surface area (Å²) in [5.41, 5.74) is 1.27. The number of aliphatic carboxylic acids is 1. The largest absolute Gasteiger partial charge is 0.481 e. The van der Waals surface area contributed by atoms with Gasteiger partial charge in [-0.1, -0.05) is 12.1 Å². The van der Waals surface area contributed by atoms with Gasteiger partial charge in [0.25, 0.3) is 0 Å². The van der Waals surface area contributed by atoms with E-state index in [1.165, 1.54) is 12.1 Å². The van der Waals surface area contributed by atoms with Crippen molar-refractivity contribution in [1.29, 1.82) is 0 Å². The minimum atomic E-state index is -0.854. The van der Waals surface area contributed by atoms with Crippen molar-refractivity contribution in [3.05, 3.63) is 41.2 Å². The fraction of sp³-hybridized carbons (Fsp3) is 0.375. The molecule has 1 heterocycles. The lowest BCUT2D eigenvalue weighted by atomic mass is 9.97. The second-order valence-corrected chi connectivity index (χ2v) is 5.31. The molecule has 2 rings (SSSR count). The van der Waals surface area contributed by atoms with Crippen LogP contribution in [0.3, 0.4) is 0 Å². The Balaban J connectivity index is 2.08. The van der Waals surface area contributed by atoms with Crippen LogP contribution >= 0.6 is 0 Å². The number of piperidine rings is 1. The van der Waals surface area contributed by atoms with Crippen molar-refractivity contribution in [2.75, 3.05) is 13.1 Å². The Morgan fingerprint density at radius 2 is 2.00 bits per heavy atom. The third-order valence-electron chi connectivity index (χ3n) is 3.65. The van der Waals surface area contributed by atoms with Gasteiger partial charge in [0.05, 0.1) is 5.92 Å². The molecule has 1 aromatic rings. The van der Waals surface area contributed by atoms with Crippen LogP contribution in [0.1, 0.15) is 25.3 Å². The first-order chi connectivity index (χ1) is 9.97. The molecule has 1 aliphatic heterocycles. The smallest absolute Gasteiger partial charge is 0.308 e. The summed E-state index contributed by atoms with van der Waals surface area (Å²) in [6.45, 7) is 2.52. The molecule has 112 valence electrons. The number of amides is 1. The number of carbonyl (C=O) groups is 2. The van der Waals surface area contributed by atoms with Gasteiger partial charge in [-0.3, -0.25) is 9.59 Å². The Kier molecular flexibility index (Phi) is 4.73.